The summed E-state index contributed by atoms with van der Waals surface area (Å²) in [7, 11) is -3.20. The molecule has 1 aliphatic carbocycles. The van der Waals surface area contributed by atoms with Crippen molar-refractivity contribution in [3.63, 3.8) is 0 Å². The van der Waals surface area contributed by atoms with Crippen LogP contribution in [-0.4, -0.2) is 50.7 Å². The van der Waals surface area contributed by atoms with Gasteiger partial charge in [0.15, 0.2) is 0 Å². The van der Waals surface area contributed by atoms with Crippen LogP contribution < -0.4 is 9.46 Å². The summed E-state index contributed by atoms with van der Waals surface area (Å²) >= 11 is 0. The molecule has 3 atom stereocenters. The Bertz CT molecular complexity index is 687. The average molecular weight is 338 g/mol. The molecule has 1 saturated heterocycles. The number of amides is 1. The van der Waals surface area contributed by atoms with Crippen LogP contribution in [0.25, 0.3) is 0 Å². The van der Waals surface area contributed by atoms with E-state index in [2.05, 4.69) is 4.72 Å². The van der Waals surface area contributed by atoms with Crippen molar-refractivity contribution < 1.29 is 17.9 Å². The molecule has 1 N–H and O–H groups in total. The topological polar surface area (TPSA) is 75.7 Å². The maximum Gasteiger partial charge on any atom is 0.254 e. The summed E-state index contributed by atoms with van der Waals surface area (Å²) in [5.41, 5.74) is 0.647. The van der Waals surface area contributed by atoms with Gasteiger partial charge in [-0.2, -0.15) is 0 Å². The number of ether oxygens (including phenoxy) is 1. The monoisotopic (exact) mass is 338 g/mol. The molecule has 3 unspecified atom stereocenters. The second-order valence-corrected chi connectivity index (χ2v) is 8.08. The minimum Gasteiger partial charge on any atom is -0.494 e. The van der Waals surface area contributed by atoms with Crippen LogP contribution in [0.1, 0.15) is 30.1 Å². The zero-order chi connectivity index (χ0) is 16.6. The average Bonchev–Trinajstić information content (AvgIpc) is 3.05. The molecule has 6 nitrogen and oxygen atoms in total. The molecule has 1 aromatic carbocycles. The lowest BCUT2D eigenvalue weighted by Crippen LogP contribution is -2.47. The Morgan fingerprint density at radius 1 is 1.30 bits per heavy atom. The predicted molar refractivity (Wildman–Crippen MR) is 86.9 cm³/mol. The van der Waals surface area contributed by atoms with Gasteiger partial charge in [0.2, 0.25) is 10.0 Å². The van der Waals surface area contributed by atoms with E-state index in [4.69, 9.17) is 4.74 Å². The number of fused-ring (bicyclic) bond motifs is 2. The van der Waals surface area contributed by atoms with E-state index in [-0.39, 0.29) is 23.9 Å². The lowest BCUT2D eigenvalue weighted by molar-refractivity contribution is 0.0691. The van der Waals surface area contributed by atoms with Gasteiger partial charge >= 0.3 is 0 Å². The Kier molecular flexibility index (Phi) is 4.33. The van der Waals surface area contributed by atoms with E-state index in [1.54, 1.807) is 24.3 Å². The van der Waals surface area contributed by atoms with Gasteiger partial charge in [-0.15, -0.1) is 0 Å². The standard InChI is InChI=1S/C16H22N2O4S/c1-3-22-14-6-4-11(5-7-14)16(19)18-10-12-8-13(18)9-15(12)17-23(2,20)21/h4-7,12-13,15,17H,3,8-10H2,1-2H3. The minimum atomic E-state index is -3.20. The fourth-order valence-corrected chi connectivity index (χ4v) is 4.49. The van der Waals surface area contributed by atoms with E-state index in [0.717, 1.165) is 12.2 Å². The Balaban J connectivity index is 1.65. The van der Waals surface area contributed by atoms with Gasteiger partial charge in [-0.3, -0.25) is 4.79 Å². The summed E-state index contributed by atoms with van der Waals surface area (Å²) in [6.45, 7) is 3.13. The van der Waals surface area contributed by atoms with E-state index >= 15 is 0 Å². The quantitative estimate of drug-likeness (QED) is 0.876. The molecular formula is C16H22N2O4S. The summed E-state index contributed by atoms with van der Waals surface area (Å²) in [6, 6.07) is 7.26. The van der Waals surface area contributed by atoms with Crippen LogP contribution in [0.4, 0.5) is 0 Å². The molecule has 2 fully saturated rings. The molecule has 1 amide bonds. The van der Waals surface area contributed by atoms with Crippen molar-refractivity contribution in [3.8, 4) is 5.75 Å². The number of sulfonamides is 1. The molecule has 0 radical (unpaired) electrons. The maximum absolute atomic E-state index is 12.6. The number of nitrogens with one attached hydrogen (secondary N) is 1. The Morgan fingerprint density at radius 2 is 2.00 bits per heavy atom. The summed E-state index contributed by atoms with van der Waals surface area (Å²) in [5.74, 6) is 0.976. The third-order valence-electron chi connectivity index (χ3n) is 4.58. The zero-order valence-electron chi connectivity index (χ0n) is 13.4. The first-order chi connectivity index (χ1) is 10.9. The molecule has 7 heteroatoms. The highest BCUT2D eigenvalue weighted by atomic mass is 32.2. The highest BCUT2D eigenvalue weighted by Crippen LogP contribution is 2.38. The molecule has 2 aliphatic rings. The molecule has 1 heterocycles. The summed E-state index contributed by atoms with van der Waals surface area (Å²) < 4.78 is 30.8. The summed E-state index contributed by atoms with van der Waals surface area (Å²) in [6.07, 6.45) is 2.75. The molecule has 3 rings (SSSR count). The van der Waals surface area contributed by atoms with E-state index < -0.39 is 10.0 Å². The van der Waals surface area contributed by atoms with E-state index in [1.165, 1.54) is 6.26 Å². The Hall–Kier alpha value is -1.60. The Labute approximate surface area is 136 Å². The van der Waals surface area contributed by atoms with Crippen LogP contribution >= 0.6 is 0 Å². The molecule has 1 aliphatic heterocycles. The van der Waals surface area contributed by atoms with Crippen molar-refractivity contribution in [2.45, 2.75) is 31.8 Å². The molecular weight excluding hydrogens is 316 g/mol. The third-order valence-corrected chi connectivity index (χ3v) is 5.31. The smallest absolute Gasteiger partial charge is 0.254 e. The van der Waals surface area contributed by atoms with Crippen LogP contribution in [0.2, 0.25) is 0 Å². The van der Waals surface area contributed by atoms with Gasteiger partial charge in [0.05, 0.1) is 12.9 Å². The van der Waals surface area contributed by atoms with Crippen molar-refractivity contribution in [2.24, 2.45) is 5.92 Å². The molecule has 1 aromatic rings. The number of likely N-dealkylation sites (tertiary alicyclic amines) is 1. The summed E-state index contributed by atoms with van der Waals surface area (Å²) in [4.78, 5) is 14.5. The van der Waals surface area contributed by atoms with Crippen molar-refractivity contribution in [1.82, 2.24) is 9.62 Å². The molecule has 2 bridgehead atoms. The van der Waals surface area contributed by atoms with Gasteiger partial charge in [-0.25, -0.2) is 13.1 Å². The number of rotatable bonds is 5. The first kappa shape index (κ1) is 16.3. The van der Waals surface area contributed by atoms with Gasteiger partial charge in [0.25, 0.3) is 5.91 Å². The van der Waals surface area contributed by atoms with Crippen LogP contribution in [0.5, 0.6) is 5.75 Å². The lowest BCUT2D eigenvalue weighted by Gasteiger charge is -2.31. The van der Waals surface area contributed by atoms with Crippen LogP contribution in [-0.2, 0) is 10.0 Å². The van der Waals surface area contributed by atoms with Gasteiger partial charge in [-0.1, -0.05) is 0 Å². The molecule has 1 saturated carbocycles. The van der Waals surface area contributed by atoms with E-state index in [0.29, 0.717) is 25.1 Å². The number of hydrogen-bond acceptors (Lipinski definition) is 4. The number of carbonyl (C=O) groups excluding carboxylic acids is 1. The normalized spacial score (nSPS) is 26.5. The lowest BCUT2D eigenvalue weighted by atomic mass is 10.0. The summed E-state index contributed by atoms with van der Waals surface area (Å²) in [5, 5.41) is 0. The molecule has 0 spiro atoms. The first-order valence-electron chi connectivity index (χ1n) is 7.88. The second-order valence-electron chi connectivity index (χ2n) is 6.30. The molecule has 0 aromatic heterocycles. The minimum absolute atomic E-state index is 0.0124. The van der Waals surface area contributed by atoms with Gasteiger partial charge in [0.1, 0.15) is 5.75 Å². The second kappa shape index (κ2) is 6.13. The first-order valence-corrected chi connectivity index (χ1v) is 9.77. The largest absolute Gasteiger partial charge is 0.494 e. The number of benzene rings is 1. The van der Waals surface area contributed by atoms with E-state index in [9.17, 15) is 13.2 Å². The number of nitrogens with zero attached hydrogens (tertiary/aromatic N) is 1. The van der Waals surface area contributed by atoms with Gasteiger partial charge in [-0.05, 0) is 49.9 Å². The van der Waals surface area contributed by atoms with Crippen molar-refractivity contribution >= 4 is 15.9 Å². The van der Waals surface area contributed by atoms with Crippen molar-refractivity contribution in [3.05, 3.63) is 29.8 Å². The van der Waals surface area contributed by atoms with Crippen LogP contribution in [0.15, 0.2) is 24.3 Å². The maximum atomic E-state index is 12.6. The zero-order valence-corrected chi connectivity index (χ0v) is 14.2. The van der Waals surface area contributed by atoms with Gasteiger partial charge in [0, 0.05) is 24.2 Å². The molecule has 126 valence electrons. The van der Waals surface area contributed by atoms with Gasteiger partial charge < -0.3 is 9.64 Å². The number of piperidine rings is 1. The van der Waals surface area contributed by atoms with Crippen LogP contribution in [0, 0.1) is 5.92 Å². The fraction of sp³-hybridized carbons (Fsp3) is 0.562. The predicted octanol–water partition coefficient (Wildman–Crippen LogP) is 1.24. The van der Waals surface area contributed by atoms with Crippen molar-refractivity contribution in [2.75, 3.05) is 19.4 Å². The van der Waals surface area contributed by atoms with Crippen LogP contribution in [0.3, 0.4) is 0 Å². The van der Waals surface area contributed by atoms with E-state index in [1.807, 2.05) is 11.8 Å². The number of carbonyl (C=O) groups is 1. The Morgan fingerprint density at radius 3 is 2.52 bits per heavy atom. The number of hydrogen-bond donors (Lipinski definition) is 1. The highest BCUT2D eigenvalue weighted by Gasteiger charge is 2.47. The van der Waals surface area contributed by atoms with Crippen molar-refractivity contribution in [1.29, 1.82) is 0 Å². The highest BCUT2D eigenvalue weighted by molar-refractivity contribution is 7.88. The third kappa shape index (κ3) is 3.50. The molecule has 23 heavy (non-hydrogen) atoms. The SMILES string of the molecule is CCOc1ccc(C(=O)N2CC3CC2CC3NS(C)(=O)=O)cc1. The fourth-order valence-electron chi connectivity index (χ4n) is 3.65.